The first-order valence-electron chi connectivity index (χ1n) is 7.60. The predicted octanol–water partition coefficient (Wildman–Crippen LogP) is 3.36. The number of benzene rings is 2. The summed E-state index contributed by atoms with van der Waals surface area (Å²) in [5.74, 6) is -0.360. The first kappa shape index (κ1) is 14.6. The smallest absolute Gasteiger partial charge is 0.253 e. The number of hydrogen-bond acceptors (Lipinski definition) is 2. The van der Waals surface area contributed by atoms with Crippen LogP contribution in [0.5, 0.6) is 0 Å². The van der Waals surface area contributed by atoms with E-state index >= 15 is 0 Å². The Balaban J connectivity index is 1.70. The molecule has 1 fully saturated rings. The summed E-state index contributed by atoms with van der Waals surface area (Å²) in [4.78, 5) is 14.7. The molecule has 1 amide bonds. The number of halogens is 1. The first-order valence-corrected chi connectivity index (χ1v) is 7.60. The molecule has 0 saturated carbocycles. The van der Waals surface area contributed by atoms with Crippen molar-refractivity contribution in [1.29, 1.82) is 0 Å². The third-order valence-electron chi connectivity index (χ3n) is 3.96. The summed E-state index contributed by atoms with van der Waals surface area (Å²) in [6.07, 6.45) is 2.34. The van der Waals surface area contributed by atoms with Gasteiger partial charge in [0.1, 0.15) is 5.82 Å². The van der Waals surface area contributed by atoms with E-state index in [9.17, 15) is 9.18 Å². The van der Waals surface area contributed by atoms with E-state index in [4.69, 9.17) is 0 Å². The van der Waals surface area contributed by atoms with Crippen LogP contribution in [0.4, 0.5) is 10.1 Å². The van der Waals surface area contributed by atoms with E-state index in [1.54, 1.807) is 12.1 Å². The van der Waals surface area contributed by atoms with Gasteiger partial charge in [0.2, 0.25) is 0 Å². The van der Waals surface area contributed by atoms with Crippen molar-refractivity contribution in [2.75, 3.05) is 18.0 Å². The highest BCUT2D eigenvalue weighted by molar-refractivity contribution is 5.99. The average Bonchev–Trinajstić information content (AvgIpc) is 3.08. The molecule has 1 saturated heterocycles. The molecule has 1 aliphatic rings. The second kappa shape index (κ2) is 6.60. The summed E-state index contributed by atoms with van der Waals surface area (Å²) >= 11 is 0. The second-order valence-corrected chi connectivity index (χ2v) is 5.52. The third-order valence-corrected chi connectivity index (χ3v) is 3.96. The number of amides is 1. The Bertz CT molecular complexity index is 648. The largest absolute Gasteiger partial charge is 0.371 e. The molecule has 0 aromatic heterocycles. The Kier molecular flexibility index (Phi) is 4.37. The maximum atomic E-state index is 12.9. The molecule has 4 heteroatoms. The molecular formula is C18H19FN2O. The van der Waals surface area contributed by atoms with Crippen LogP contribution < -0.4 is 10.2 Å². The van der Waals surface area contributed by atoms with Crippen molar-refractivity contribution in [2.24, 2.45) is 0 Å². The van der Waals surface area contributed by atoms with E-state index in [1.165, 1.54) is 25.0 Å². The lowest BCUT2D eigenvalue weighted by molar-refractivity contribution is 0.0951. The number of nitrogens with zero attached hydrogens (tertiary/aromatic N) is 1. The van der Waals surface area contributed by atoms with Gasteiger partial charge in [0, 0.05) is 25.3 Å². The van der Waals surface area contributed by atoms with Crippen molar-refractivity contribution in [3.05, 3.63) is 65.5 Å². The molecular weight excluding hydrogens is 279 g/mol. The van der Waals surface area contributed by atoms with Crippen molar-refractivity contribution >= 4 is 11.6 Å². The second-order valence-electron chi connectivity index (χ2n) is 5.52. The highest BCUT2D eigenvalue weighted by Crippen LogP contribution is 2.24. The minimum Gasteiger partial charge on any atom is -0.371 e. The van der Waals surface area contributed by atoms with Gasteiger partial charge in [0.25, 0.3) is 5.91 Å². The molecule has 1 heterocycles. The van der Waals surface area contributed by atoms with Crippen molar-refractivity contribution in [1.82, 2.24) is 5.32 Å². The summed E-state index contributed by atoms with van der Waals surface area (Å²) in [5, 5.41) is 2.91. The van der Waals surface area contributed by atoms with Crippen LogP contribution in [0.15, 0.2) is 48.5 Å². The Morgan fingerprint density at radius 3 is 2.45 bits per heavy atom. The van der Waals surface area contributed by atoms with E-state index in [0.717, 1.165) is 24.3 Å². The van der Waals surface area contributed by atoms with E-state index in [0.29, 0.717) is 12.1 Å². The quantitative estimate of drug-likeness (QED) is 0.938. The highest BCUT2D eigenvalue weighted by atomic mass is 19.1. The zero-order chi connectivity index (χ0) is 15.4. The number of anilines is 1. The van der Waals surface area contributed by atoms with Gasteiger partial charge >= 0.3 is 0 Å². The molecule has 0 bridgehead atoms. The van der Waals surface area contributed by atoms with Gasteiger partial charge in [-0.3, -0.25) is 4.79 Å². The maximum Gasteiger partial charge on any atom is 0.253 e. The van der Waals surface area contributed by atoms with Gasteiger partial charge in [-0.1, -0.05) is 24.3 Å². The van der Waals surface area contributed by atoms with Gasteiger partial charge < -0.3 is 10.2 Å². The molecule has 0 radical (unpaired) electrons. The van der Waals surface area contributed by atoms with Gasteiger partial charge in [0.05, 0.1) is 5.56 Å². The molecule has 0 unspecified atom stereocenters. The Morgan fingerprint density at radius 2 is 1.73 bits per heavy atom. The number of carbonyl (C=O) groups is 1. The standard InChI is InChI=1S/C18H19FN2O/c19-15-9-7-14(8-10-15)13-20-18(22)16-5-1-2-6-17(16)21-11-3-4-12-21/h1-2,5-10H,3-4,11-13H2,(H,20,22). The molecule has 0 atom stereocenters. The van der Waals surface area contributed by atoms with Crippen LogP contribution in [0.3, 0.4) is 0 Å². The monoisotopic (exact) mass is 298 g/mol. The zero-order valence-electron chi connectivity index (χ0n) is 12.4. The molecule has 114 valence electrons. The maximum absolute atomic E-state index is 12.9. The molecule has 2 aromatic carbocycles. The van der Waals surface area contributed by atoms with Gasteiger partial charge in [-0.05, 0) is 42.7 Å². The van der Waals surface area contributed by atoms with Crippen LogP contribution in [0.1, 0.15) is 28.8 Å². The summed E-state index contributed by atoms with van der Waals surface area (Å²) in [6.45, 7) is 2.40. The fourth-order valence-electron chi connectivity index (χ4n) is 2.78. The first-order chi connectivity index (χ1) is 10.7. The van der Waals surface area contributed by atoms with Crippen molar-refractivity contribution in [2.45, 2.75) is 19.4 Å². The summed E-state index contributed by atoms with van der Waals surface area (Å²) < 4.78 is 12.9. The highest BCUT2D eigenvalue weighted by Gasteiger charge is 2.18. The third kappa shape index (κ3) is 3.27. The fraction of sp³-hybridized carbons (Fsp3) is 0.278. The number of para-hydroxylation sites is 1. The minimum absolute atomic E-state index is 0.0909. The summed E-state index contributed by atoms with van der Waals surface area (Å²) in [7, 11) is 0. The predicted molar refractivity (Wildman–Crippen MR) is 85.5 cm³/mol. The molecule has 0 spiro atoms. The Labute approximate surface area is 129 Å². The van der Waals surface area contributed by atoms with Crippen LogP contribution in [-0.2, 0) is 6.54 Å². The zero-order valence-corrected chi connectivity index (χ0v) is 12.4. The van der Waals surface area contributed by atoms with Crippen molar-refractivity contribution in [3.8, 4) is 0 Å². The normalized spacial score (nSPS) is 14.1. The Morgan fingerprint density at radius 1 is 1.05 bits per heavy atom. The van der Waals surface area contributed by atoms with Gasteiger partial charge in [-0.25, -0.2) is 4.39 Å². The topological polar surface area (TPSA) is 32.3 Å². The number of rotatable bonds is 4. The number of hydrogen-bond donors (Lipinski definition) is 1. The Hall–Kier alpha value is -2.36. The van der Waals surface area contributed by atoms with Crippen molar-refractivity contribution < 1.29 is 9.18 Å². The van der Waals surface area contributed by atoms with E-state index < -0.39 is 0 Å². The van der Waals surface area contributed by atoms with Gasteiger partial charge in [0.15, 0.2) is 0 Å². The van der Waals surface area contributed by atoms with Gasteiger partial charge in [-0.15, -0.1) is 0 Å². The molecule has 1 aliphatic heterocycles. The van der Waals surface area contributed by atoms with Crippen LogP contribution in [0, 0.1) is 5.82 Å². The van der Waals surface area contributed by atoms with Crippen molar-refractivity contribution in [3.63, 3.8) is 0 Å². The lowest BCUT2D eigenvalue weighted by atomic mass is 10.1. The van der Waals surface area contributed by atoms with Crippen LogP contribution in [-0.4, -0.2) is 19.0 Å². The lowest BCUT2D eigenvalue weighted by Gasteiger charge is -2.20. The molecule has 2 aromatic rings. The lowest BCUT2D eigenvalue weighted by Crippen LogP contribution is -2.27. The number of carbonyl (C=O) groups excluding carboxylic acids is 1. The fourth-order valence-corrected chi connectivity index (χ4v) is 2.78. The van der Waals surface area contributed by atoms with E-state index in [2.05, 4.69) is 10.2 Å². The average molecular weight is 298 g/mol. The summed E-state index contributed by atoms with van der Waals surface area (Å²) in [6, 6.07) is 13.9. The minimum atomic E-state index is -0.269. The van der Waals surface area contributed by atoms with Gasteiger partial charge in [-0.2, -0.15) is 0 Å². The number of nitrogens with one attached hydrogen (secondary N) is 1. The molecule has 0 aliphatic carbocycles. The van der Waals surface area contributed by atoms with Crippen LogP contribution >= 0.6 is 0 Å². The molecule has 1 N–H and O–H groups in total. The molecule has 3 nitrogen and oxygen atoms in total. The van der Waals surface area contributed by atoms with E-state index in [1.807, 2.05) is 24.3 Å². The SMILES string of the molecule is O=C(NCc1ccc(F)cc1)c1ccccc1N1CCCC1. The van der Waals surface area contributed by atoms with Crippen LogP contribution in [0.2, 0.25) is 0 Å². The van der Waals surface area contributed by atoms with E-state index in [-0.39, 0.29) is 11.7 Å². The van der Waals surface area contributed by atoms with Crippen LogP contribution in [0.25, 0.3) is 0 Å². The summed E-state index contributed by atoms with van der Waals surface area (Å²) in [5.41, 5.74) is 2.58. The molecule has 3 rings (SSSR count). The molecule has 22 heavy (non-hydrogen) atoms.